The molecule has 1 saturated heterocycles. The predicted octanol–water partition coefficient (Wildman–Crippen LogP) is 6.01. The van der Waals surface area contributed by atoms with Crippen molar-refractivity contribution in [2.75, 3.05) is 13.1 Å². The van der Waals surface area contributed by atoms with Crippen LogP contribution in [0, 0.1) is 15.2 Å². The van der Waals surface area contributed by atoms with Gasteiger partial charge in [0.2, 0.25) is 0 Å². The average molecular weight is 587 g/mol. The second kappa shape index (κ2) is 10.2. The summed E-state index contributed by atoms with van der Waals surface area (Å²) < 4.78 is 17.7. The van der Waals surface area contributed by atoms with Gasteiger partial charge in [-0.2, -0.15) is 0 Å². The quantitative estimate of drug-likeness (QED) is 0.294. The molecule has 2 amide bonds. The zero-order chi connectivity index (χ0) is 24.4. The van der Waals surface area contributed by atoms with Crippen LogP contribution in [0.25, 0.3) is 0 Å². The topological polar surface area (TPSA) is 57.3 Å². The molecule has 2 aromatic rings. The molecule has 0 aromatic carbocycles. The highest BCUT2D eigenvalue weighted by atomic mass is 127. The number of pyridine rings is 1. The number of thiophene rings is 1. The first-order valence-electron chi connectivity index (χ1n) is 11.5. The van der Waals surface area contributed by atoms with E-state index < -0.39 is 17.2 Å². The molecule has 2 N–H and O–H groups in total. The molecule has 1 aliphatic heterocycles. The maximum atomic E-state index is 16.5. The van der Waals surface area contributed by atoms with Crippen LogP contribution in [0.2, 0.25) is 0 Å². The van der Waals surface area contributed by atoms with E-state index >= 15 is 4.39 Å². The molecule has 5 nitrogen and oxygen atoms in total. The molecule has 33 heavy (non-hydrogen) atoms. The lowest BCUT2D eigenvalue weighted by molar-refractivity contribution is -0.0215. The molecule has 3 rings (SSSR count). The lowest BCUT2D eigenvalue weighted by Crippen LogP contribution is -2.59. The Morgan fingerprint density at radius 2 is 2.03 bits per heavy atom. The van der Waals surface area contributed by atoms with Crippen LogP contribution in [0.5, 0.6) is 0 Å². The Hall–Kier alpha value is -1.26. The number of carbonyl (C=O) groups is 1. The number of urea groups is 1. The molecule has 2 atom stereocenters. The SMILES string of the molecule is Cc1ccc(C(C)(C)N2CCC(CCc3ccc(I)s3)(C(C)(F)NC(=O)NC(C)C)C2)cn1. The summed E-state index contributed by atoms with van der Waals surface area (Å²) in [6.45, 7) is 12.9. The van der Waals surface area contributed by atoms with E-state index in [4.69, 9.17) is 0 Å². The number of rotatable bonds is 8. The standard InChI is InChI=1S/C25H36FIN4OS/c1-17(2)29-22(32)30-24(6,26)25(12-11-20-9-10-21(27)33-20)13-14-31(16-25)23(4,5)19-8-7-18(3)28-15-19/h7-10,15,17H,11-14,16H2,1-6H3,(H2,29,30,32). The van der Waals surface area contributed by atoms with E-state index in [0.29, 0.717) is 19.4 Å². The van der Waals surface area contributed by atoms with Gasteiger partial charge in [-0.05, 0) is 114 Å². The molecule has 0 aliphatic carbocycles. The largest absolute Gasteiger partial charge is 0.336 e. The van der Waals surface area contributed by atoms with E-state index in [2.05, 4.69) is 75.2 Å². The summed E-state index contributed by atoms with van der Waals surface area (Å²) in [5.74, 6) is -1.85. The predicted molar refractivity (Wildman–Crippen MR) is 142 cm³/mol. The second-order valence-electron chi connectivity index (χ2n) is 10.2. The highest BCUT2D eigenvalue weighted by Gasteiger charge is 2.55. The summed E-state index contributed by atoms with van der Waals surface area (Å²) in [6, 6.07) is 7.85. The summed E-state index contributed by atoms with van der Waals surface area (Å²) in [7, 11) is 0. The van der Waals surface area contributed by atoms with Crippen molar-refractivity contribution in [2.24, 2.45) is 5.41 Å². The number of nitrogens with zero attached hydrogens (tertiary/aromatic N) is 2. The van der Waals surface area contributed by atoms with E-state index in [1.165, 1.54) is 14.7 Å². The summed E-state index contributed by atoms with van der Waals surface area (Å²) in [6.07, 6.45) is 4.05. The van der Waals surface area contributed by atoms with Gasteiger partial charge in [-0.1, -0.05) is 6.07 Å². The number of aromatic nitrogens is 1. The molecule has 3 heterocycles. The van der Waals surface area contributed by atoms with Crippen LogP contribution in [-0.4, -0.2) is 40.8 Å². The van der Waals surface area contributed by atoms with Crippen molar-refractivity contribution in [3.8, 4) is 0 Å². The first kappa shape index (κ1) is 26.3. The Labute approximate surface area is 215 Å². The van der Waals surface area contributed by atoms with Gasteiger partial charge in [-0.3, -0.25) is 9.88 Å². The van der Waals surface area contributed by atoms with Crippen LogP contribution >= 0.6 is 33.9 Å². The molecule has 0 radical (unpaired) electrons. The molecule has 2 aromatic heterocycles. The average Bonchev–Trinajstić information content (AvgIpc) is 3.33. The van der Waals surface area contributed by atoms with Crippen molar-refractivity contribution in [2.45, 2.75) is 78.2 Å². The molecular weight excluding hydrogens is 550 g/mol. The Morgan fingerprint density at radius 1 is 1.30 bits per heavy atom. The fraction of sp³-hybridized carbons (Fsp3) is 0.600. The monoisotopic (exact) mass is 586 g/mol. The number of likely N-dealkylation sites (tertiary alicyclic amines) is 1. The van der Waals surface area contributed by atoms with Crippen LogP contribution in [0.15, 0.2) is 30.5 Å². The number of amides is 2. The molecule has 0 saturated carbocycles. The van der Waals surface area contributed by atoms with Gasteiger partial charge in [-0.15, -0.1) is 11.3 Å². The van der Waals surface area contributed by atoms with E-state index in [-0.39, 0.29) is 11.6 Å². The number of halogens is 2. The minimum Gasteiger partial charge on any atom is -0.336 e. The molecule has 8 heteroatoms. The van der Waals surface area contributed by atoms with Gasteiger partial charge in [0, 0.05) is 40.3 Å². The molecule has 1 fully saturated rings. The lowest BCUT2D eigenvalue weighted by atomic mass is 9.74. The first-order chi connectivity index (χ1) is 15.3. The van der Waals surface area contributed by atoms with E-state index in [1.54, 1.807) is 11.3 Å². The van der Waals surface area contributed by atoms with E-state index in [0.717, 1.165) is 24.2 Å². The minimum absolute atomic E-state index is 0.0574. The smallest absolute Gasteiger partial charge is 0.317 e. The van der Waals surface area contributed by atoms with Crippen LogP contribution in [-0.2, 0) is 12.0 Å². The Bertz CT molecular complexity index is 960. The number of carbonyl (C=O) groups excluding carboxylic acids is 1. The van der Waals surface area contributed by atoms with Crippen molar-refractivity contribution in [3.05, 3.63) is 49.5 Å². The summed E-state index contributed by atoms with van der Waals surface area (Å²) in [4.78, 5) is 20.6. The number of hydrogen-bond donors (Lipinski definition) is 2. The van der Waals surface area contributed by atoms with Gasteiger partial charge in [0.15, 0.2) is 5.79 Å². The molecule has 2 unspecified atom stereocenters. The second-order valence-corrected chi connectivity index (χ2v) is 13.2. The third-order valence-corrected chi connectivity index (χ3v) is 8.96. The van der Waals surface area contributed by atoms with E-state index in [1.807, 2.05) is 33.0 Å². The van der Waals surface area contributed by atoms with Crippen molar-refractivity contribution < 1.29 is 9.18 Å². The Morgan fingerprint density at radius 3 is 2.61 bits per heavy atom. The Balaban J connectivity index is 1.87. The van der Waals surface area contributed by atoms with Gasteiger partial charge < -0.3 is 10.6 Å². The van der Waals surface area contributed by atoms with Crippen LogP contribution in [0.1, 0.15) is 63.6 Å². The van der Waals surface area contributed by atoms with Gasteiger partial charge in [-0.25, -0.2) is 9.18 Å². The van der Waals surface area contributed by atoms with Crippen LogP contribution < -0.4 is 10.6 Å². The molecule has 0 spiro atoms. The maximum Gasteiger partial charge on any atom is 0.317 e. The van der Waals surface area contributed by atoms with E-state index in [9.17, 15) is 4.79 Å². The zero-order valence-corrected chi connectivity index (χ0v) is 23.4. The first-order valence-corrected chi connectivity index (χ1v) is 13.4. The number of nitrogens with one attached hydrogen (secondary N) is 2. The van der Waals surface area contributed by atoms with Crippen molar-refractivity contribution in [1.29, 1.82) is 0 Å². The van der Waals surface area contributed by atoms with Crippen molar-refractivity contribution in [3.63, 3.8) is 0 Å². The summed E-state index contributed by atoms with van der Waals surface area (Å²) in [5, 5.41) is 5.46. The molecule has 0 bridgehead atoms. The Kier molecular flexibility index (Phi) is 8.11. The lowest BCUT2D eigenvalue weighted by Gasteiger charge is -2.43. The van der Waals surface area contributed by atoms with Gasteiger partial charge in [0.05, 0.1) is 2.88 Å². The maximum absolute atomic E-state index is 16.5. The fourth-order valence-electron chi connectivity index (χ4n) is 4.68. The zero-order valence-electron chi connectivity index (χ0n) is 20.5. The van der Waals surface area contributed by atoms with Crippen LogP contribution in [0.3, 0.4) is 0 Å². The highest BCUT2D eigenvalue weighted by molar-refractivity contribution is 14.1. The third kappa shape index (κ3) is 6.06. The number of alkyl halides is 1. The van der Waals surface area contributed by atoms with Gasteiger partial charge in [0.25, 0.3) is 0 Å². The minimum atomic E-state index is -1.85. The summed E-state index contributed by atoms with van der Waals surface area (Å²) >= 11 is 4.07. The highest BCUT2D eigenvalue weighted by Crippen LogP contribution is 2.48. The van der Waals surface area contributed by atoms with Gasteiger partial charge >= 0.3 is 6.03 Å². The van der Waals surface area contributed by atoms with Gasteiger partial charge in [0.1, 0.15) is 0 Å². The fourth-order valence-corrected chi connectivity index (χ4v) is 6.43. The normalized spacial score (nSPS) is 21.2. The van der Waals surface area contributed by atoms with Crippen molar-refractivity contribution in [1.82, 2.24) is 20.5 Å². The van der Waals surface area contributed by atoms with Crippen LogP contribution in [0.4, 0.5) is 9.18 Å². The third-order valence-electron chi connectivity index (χ3n) is 7.00. The summed E-state index contributed by atoms with van der Waals surface area (Å²) in [5.41, 5.74) is 1.10. The van der Waals surface area contributed by atoms with Crippen molar-refractivity contribution >= 4 is 40.0 Å². The molecule has 182 valence electrons. The molecule has 1 aliphatic rings. The number of hydrogen-bond acceptors (Lipinski definition) is 4. The molecular formula is C25H36FIN4OS. The number of aryl methyl sites for hydroxylation is 2.